The molecule has 0 heterocycles. The number of alkyl halides is 6. The highest BCUT2D eigenvalue weighted by molar-refractivity contribution is 7.89. The number of carbonyl (C=O) groups excluding carboxylic acids is 1. The average molecular weight is 513 g/mol. The Hall–Kier alpha value is -1.82. The molecule has 4 aliphatic rings. The highest BCUT2D eigenvalue weighted by Crippen LogP contribution is 2.53. The summed E-state index contributed by atoms with van der Waals surface area (Å²) in [5, 5.41) is 2.92. The van der Waals surface area contributed by atoms with Crippen LogP contribution in [0.5, 0.6) is 0 Å². The van der Waals surface area contributed by atoms with Crippen molar-refractivity contribution in [1.29, 1.82) is 0 Å². The SMILES string of the molecule is CC(C)(NS(=O)(=O)c1cc(C(F)(F)F)cc(C(F)(F)F)c1)C(=O)NC1C2CC3CC(C2)CC1C3. The van der Waals surface area contributed by atoms with E-state index in [9.17, 15) is 39.6 Å². The van der Waals surface area contributed by atoms with Crippen molar-refractivity contribution in [3.63, 3.8) is 0 Å². The second-order valence-corrected chi connectivity index (χ2v) is 12.1. The van der Waals surface area contributed by atoms with Crippen molar-refractivity contribution in [1.82, 2.24) is 10.0 Å². The van der Waals surface area contributed by atoms with Gasteiger partial charge in [-0.3, -0.25) is 4.79 Å². The predicted molar refractivity (Wildman–Crippen MR) is 110 cm³/mol. The van der Waals surface area contributed by atoms with Gasteiger partial charge in [-0.05, 0) is 87.8 Å². The molecule has 0 saturated heterocycles. The molecule has 0 spiro atoms. The monoisotopic (exact) mass is 512 g/mol. The van der Waals surface area contributed by atoms with E-state index in [-0.39, 0.29) is 24.2 Å². The first-order valence-electron chi connectivity index (χ1n) is 11.1. The van der Waals surface area contributed by atoms with Gasteiger partial charge in [-0.1, -0.05) is 0 Å². The molecule has 4 aliphatic carbocycles. The van der Waals surface area contributed by atoms with Gasteiger partial charge in [0.15, 0.2) is 0 Å². The fraction of sp³-hybridized carbons (Fsp3) is 0.682. The molecule has 34 heavy (non-hydrogen) atoms. The van der Waals surface area contributed by atoms with E-state index in [4.69, 9.17) is 0 Å². The fourth-order valence-electron chi connectivity index (χ4n) is 6.02. The zero-order chi connectivity index (χ0) is 25.3. The Bertz CT molecular complexity index is 1020. The minimum absolute atomic E-state index is 0.116. The Labute approximate surface area is 193 Å². The third-order valence-electron chi connectivity index (χ3n) is 7.35. The van der Waals surface area contributed by atoms with E-state index in [0.717, 1.165) is 25.7 Å². The Morgan fingerprint density at radius 2 is 1.26 bits per heavy atom. The summed E-state index contributed by atoms with van der Waals surface area (Å²) in [6.07, 6.45) is -5.21. The van der Waals surface area contributed by atoms with Gasteiger partial charge in [-0.25, -0.2) is 8.42 Å². The van der Waals surface area contributed by atoms with Crippen LogP contribution in [0.15, 0.2) is 23.1 Å². The van der Waals surface area contributed by atoms with E-state index < -0.39 is 49.8 Å². The van der Waals surface area contributed by atoms with Gasteiger partial charge >= 0.3 is 12.4 Å². The lowest BCUT2D eigenvalue weighted by Gasteiger charge is -2.54. The molecule has 0 aliphatic heterocycles. The Morgan fingerprint density at radius 3 is 1.68 bits per heavy atom. The van der Waals surface area contributed by atoms with Crippen LogP contribution in [-0.4, -0.2) is 25.9 Å². The summed E-state index contributed by atoms with van der Waals surface area (Å²) >= 11 is 0. The highest BCUT2D eigenvalue weighted by Gasteiger charge is 2.49. The maximum Gasteiger partial charge on any atom is 0.416 e. The first-order chi connectivity index (χ1) is 15.5. The molecular weight excluding hydrogens is 486 g/mol. The van der Waals surface area contributed by atoms with Crippen molar-refractivity contribution in [3.05, 3.63) is 29.3 Å². The second kappa shape index (κ2) is 8.11. The zero-order valence-corrected chi connectivity index (χ0v) is 19.4. The standard InChI is InChI=1S/C22H26F6N2O3S/c1-20(2,19(31)29-18-13-4-11-3-12(6-13)7-14(18)5-11)30-34(32,33)17-9-15(21(23,24)25)8-16(10-17)22(26,27)28/h8-14,18,30H,3-7H2,1-2H3,(H,29,31). The van der Waals surface area contributed by atoms with E-state index in [1.165, 1.54) is 20.3 Å². The number of benzene rings is 1. The minimum atomic E-state index is -5.20. The number of carbonyl (C=O) groups is 1. The van der Waals surface area contributed by atoms with Gasteiger partial charge in [0.25, 0.3) is 0 Å². The Morgan fingerprint density at radius 1 is 0.824 bits per heavy atom. The first-order valence-corrected chi connectivity index (χ1v) is 12.6. The number of amides is 1. The third kappa shape index (κ3) is 4.93. The molecule has 12 heteroatoms. The van der Waals surface area contributed by atoms with Gasteiger partial charge in [0.05, 0.1) is 16.0 Å². The van der Waals surface area contributed by atoms with Crippen LogP contribution in [-0.2, 0) is 27.2 Å². The quantitative estimate of drug-likeness (QED) is 0.561. The minimum Gasteiger partial charge on any atom is -0.351 e. The summed E-state index contributed by atoms with van der Waals surface area (Å²) in [5.74, 6) is 1.21. The predicted octanol–water partition coefficient (Wildman–Crippen LogP) is 4.72. The maximum atomic E-state index is 13.1. The van der Waals surface area contributed by atoms with Gasteiger partial charge < -0.3 is 5.32 Å². The van der Waals surface area contributed by atoms with Crippen LogP contribution in [0.2, 0.25) is 0 Å². The molecule has 4 saturated carbocycles. The third-order valence-corrected chi connectivity index (χ3v) is 8.99. The molecule has 4 bridgehead atoms. The van der Waals surface area contributed by atoms with E-state index in [2.05, 4.69) is 5.32 Å². The molecule has 1 aromatic rings. The second-order valence-electron chi connectivity index (χ2n) is 10.4. The molecular formula is C22H26F6N2O3S. The van der Waals surface area contributed by atoms with Crippen molar-refractivity contribution in [2.75, 3.05) is 0 Å². The molecule has 0 unspecified atom stereocenters. The van der Waals surface area contributed by atoms with Gasteiger partial charge in [-0.2, -0.15) is 31.1 Å². The van der Waals surface area contributed by atoms with E-state index in [1.54, 1.807) is 0 Å². The van der Waals surface area contributed by atoms with Crippen molar-refractivity contribution in [3.8, 4) is 0 Å². The zero-order valence-electron chi connectivity index (χ0n) is 18.6. The number of halogens is 6. The lowest BCUT2D eigenvalue weighted by atomic mass is 9.54. The number of hydrogen-bond acceptors (Lipinski definition) is 3. The number of hydrogen-bond donors (Lipinski definition) is 2. The van der Waals surface area contributed by atoms with Crippen LogP contribution in [0.1, 0.15) is 57.1 Å². The average Bonchev–Trinajstić information content (AvgIpc) is 2.67. The normalized spacial score (nSPS) is 29.4. The van der Waals surface area contributed by atoms with Crippen molar-refractivity contribution in [2.45, 2.75) is 74.8 Å². The van der Waals surface area contributed by atoms with Crippen LogP contribution < -0.4 is 10.0 Å². The summed E-state index contributed by atoms with van der Waals surface area (Å²) in [6, 6.07) is -0.00910. The largest absolute Gasteiger partial charge is 0.416 e. The molecule has 0 aromatic heterocycles. The van der Waals surface area contributed by atoms with Crippen LogP contribution in [0.3, 0.4) is 0 Å². The summed E-state index contributed by atoms with van der Waals surface area (Å²) in [5.41, 5.74) is -5.31. The first kappa shape index (κ1) is 25.3. The molecule has 1 aromatic carbocycles. The Kier molecular flexibility index (Phi) is 6.03. The van der Waals surface area contributed by atoms with E-state index in [1.807, 2.05) is 4.72 Å². The van der Waals surface area contributed by atoms with Gasteiger partial charge in [0.1, 0.15) is 5.54 Å². The summed E-state index contributed by atoms with van der Waals surface area (Å²) in [7, 11) is -4.90. The molecule has 190 valence electrons. The van der Waals surface area contributed by atoms with Crippen molar-refractivity contribution in [2.24, 2.45) is 23.7 Å². The summed E-state index contributed by atoms with van der Waals surface area (Å²) in [6.45, 7) is 2.46. The van der Waals surface area contributed by atoms with Crippen molar-refractivity contribution >= 4 is 15.9 Å². The smallest absolute Gasteiger partial charge is 0.351 e. The number of sulfonamides is 1. The molecule has 0 radical (unpaired) electrons. The molecule has 0 atom stereocenters. The van der Waals surface area contributed by atoms with Crippen LogP contribution >= 0.6 is 0 Å². The molecule has 5 rings (SSSR count). The maximum absolute atomic E-state index is 13.1. The molecule has 4 fully saturated rings. The number of rotatable bonds is 5. The topological polar surface area (TPSA) is 75.3 Å². The molecule has 1 amide bonds. The molecule has 5 nitrogen and oxygen atoms in total. The summed E-state index contributed by atoms with van der Waals surface area (Å²) < 4.78 is 107. The van der Waals surface area contributed by atoms with Crippen LogP contribution in [0.25, 0.3) is 0 Å². The fourth-order valence-corrected chi connectivity index (χ4v) is 7.46. The van der Waals surface area contributed by atoms with Gasteiger partial charge in [0.2, 0.25) is 15.9 Å². The van der Waals surface area contributed by atoms with Gasteiger partial charge in [0, 0.05) is 6.04 Å². The lowest BCUT2D eigenvalue weighted by molar-refractivity contribution is -0.143. The van der Waals surface area contributed by atoms with Crippen LogP contribution in [0.4, 0.5) is 26.3 Å². The number of nitrogens with one attached hydrogen (secondary N) is 2. The van der Waals surface area contributed by atoms with Crippen LogP contribution in [0, 0.1) is 23.7 Å². The lowest BCUT2D eigenvalue weighted by Crippen LogP contribution is -2.62. The van der Waals surface area contributed by atoms with Crippen molar-refractivity contribution < 1.29 is 39.6 Å². The highest BCUT2D eigenvalue weighted by atomic mass is 32.2. The summed E-state index contributed by atoms with van der Waals surface area (Å²) in [4.78, 5) is 11.8. The van der Waals surface area contributed by atoms with E-state index >= 15 is 0 Å². The Balaban J connectivity index is 1.55. The van der Waals surface area contributed by atoms with E-state index in [0.29, 0.717) is 23.7 Å². The van der Waals surface area contributed by atoms with Gasteiger partial charge in [-0.15, -0.1) is 0 Å². The molecule has 2 N–H and O–H groups in total.